The van der Waals surface area contributed by atoms with Gasteiger partial charge in [-0.05, 0) is 25.3 Å². The first-order valence-electron chi connectivity index (χ1n) is 7.56. The van der Waals surface area contributed by atoms with Crippen LogP contribution in [0.2, 0.25) is 0 Å². The number of ether oxygens (including phenoxy) is 2. The number of carbonyl (C=O) groups excluding carboxylic acids is 2. The van der Waals surface area contributed by atoms with Crippen molar-refractivity contribution in [1.29, 1.82) is 0 Å². The Hall–Kier alpha value is -1.44. The van der Waals surface area contributed by atoms with Gasteiger partial charge < -0.3 is 19.3 Å². The molecule has 1 unspecified atom stereocenters. The third kappa shape index (κ3) is 5.02. The van der Waals surface area contributed by atoms with Crippen LogP contribution in [0.1, 0.15) is 24.2 Å². The van der Waals surface area contributed by atoms with Gasteiger partial charge in [0.15, 0.2) is 0 Å². The number of amides is 2. The third-order valence-corrected chi connectivity index (χ3v) is 4.25. The number of likely N-dealkylation sites (N-methyl/N-ethyl adjacent to an activating group) is 1. The Kier molecular flexibility index (Phi) is 5.78. The Labute approximate surface area is 141 Å². The van der Waals surface area contributed by atoms with Crippen molar-refractivity contribution in [3.63, 3.8) is 0 Å². The van der Waals surface area contributed by atoms with Crippen LogP contribution in [0, 0.1) is 0 Å². The number of thiophene rings is 1. The average Bonchev–Trinajstić information content (AvgIpc) is 2.98. The summed E-state index contributed by atoms with van der Waals surface area (Å²) >= 11 is 1.51. The van der Waals surface area contributed by atoms with E-state index in [9.17, 15) is 9.59 Å². The van der Waals surface area contributed by atoms with Gasteiger partial charge in [0.1, 0.15) is 6.61 Å². The average molecular weight is 340 g/mol. The van der Waals surface area contributed by atoms with Gasteiger partial charge in [0.25, 0.3) is 5.91 Å². The number of rotatable bonds is 5. The lowest BCUT2D eigenvalue weighted by molar-refractivity contribution is -0.153. The molecule has 1 aromatic rings. The van der Waals surface area contributed by atoms with Gasteiger partial charge in [-0.1, -0.05) is 0 Å². The van der Waals surface area contributed by atoms with Crippen molar-refractivity contribution in [2.24, 2.45) is 0 Å². The number of morpholine rings is 1. The molecule has 1 aliphatic heterocycles. The van der Waals surface area contributed by atoms with Crippen LogP contribution in [0.15, 0.2) is 16.8 Å². The van der Waals surface area contributed by atoms with Crippen LogP contribution in [0.3, 0.4) is 0 Å². The van der Waals surface area contributed by atoms with Crippen LogP contribution in [0.25, 0.3) is 0 Å². The summed E-state index contributed by atoms with van der Waals surface area (Å²) in [6, 6.07) is 1.83. The van der Waals surface area contributed by atoms with E-state index in [1.807, 2.05) is 30.7 Å². The minimum atomic E-state index is -0.441. The van der Waals surface area contributed by atoms with E-state index in [1.54, 1.807) is 19.0 Å². The van der Waals surface area contributed by atoms with Crippen molar-refractivity contribution < 1.29 is 19.1 Å². The van der Waals surface area contributed by atoms with E-state index in [0.717, 1.165) is 0 Å². The highest BCUT2D eigenvalue weighted by molar-refractivity contribution is 7.08. The molecule has 0 bridgehead atoms. The van der Waals surface area contributed by atoms with Crippen molar-refractivity contribution in [2.45, 2.75) is 25.6 Å². The van der Waals surface area contributed by atoms with E-state index in [-0.39, 0.29) is 31.1 Å². The summed E-state index contributed by atoms with van der Waals surface area (Å²) in [5.74, 6) is -0.0803. The topological polar surface area (TPSA) is 59.1 Å². The van der Waals surface area contributed by atoms with Crippen molar-refractivity contribution in [3.8, 4) is 0 Å². The predicted octanol–water partition coefficient (Wildman–Crippen LogP) is 1.47. The molecular weight excluding hydrogens is 316 g/mol. The molecule has 0 radical (unpaired) electrons. The molecule has 1 atom stereocenters. The normalized spacial score (nSPS) is 20.3. The number of nitrogens with zero attached hydrogens (tertiary/aromatic N) is 2. The maximum Gasteiger partial charge on any atom is 0.254 e. The molecule has 2 rings (SSSR count). The smallest absolute Gasteiger partial charge is 0.254 e. The van der Waals surface area contributed by atoms with Gasteiger partial charge >= 0.3 is 0 Å². The van der Waals surface area contributed by atoms with Crippen molar-refractivity contribution in [3.05, 3.63) is 22.4 Å². The molecule has 0 spiro atoms. The summed E-state index contributed by atoms with van der Waals surface area (Å²) in [5, 5.41) is 3.75. The lowest BCUT2D eigenvalue weighted by Gasteiger charge is -2.42. The molecular formula is C16H24N2O4S. The first-order chi connectivity index (χ1) is 10.8. The molecule has 0 N–H and O–H groups in total. The zero-order chi connectivity index (χ0) is 17.0. The van der Waals surface area contributed by atoms with Crippen LogP contribution in [0.4, 0.5) is 0 Å². The molecule has 0 aromatic carbocycles. The summed E-state index contributed by atoms with van der Waals surface area (Å²) in [7, 11) is 3.38. The van der Waals surface area contributed by atoms with Gasteiger partial charge in [0.05, 0.1) is 23.9 Å². The van der Waals surface area contributed by atoms with E-state index in [1.165, 1.54) is 16.2 Å². The first-order valence-corrected chi connectivity index (χ1v) is 8.50. The highest BCUT2D eigenvalue weighted by Gasteiger charge is 2.36. The zero-order valence-electron chi connectivity index (χ0n) is 14.1. The van der Waals surface area contributed by atoms with E-state index in [4.69, 9.17) is 9.47 Å². The molecule has 0 saturated carbocycles. The fourth-order valence-corrected chi connectivity index (χ4v) is 3.14. The fourth-order valence-electron chi connectivity index (χ4n) is 2.51. The van der Waals surface area contributed by atoms with Gasteiger partial charge in [-0.2, -0.15) is 11.3 Å². The predicted molar refractivity (Wildman–Crippen MR) is 88.7 cm³/mol. The lowest BCUT2D eigenvalue weighted by Crippen LogP contribution is -2.55. The van der Waals surface area contributed by atoms with Gasteiger partial charge in [-0.3, -0.25) is 9.59 Å². The maximum atomic E-state index is 12.5. The van der Waals surface area contributed by atoms with Crippen LogP contribution in [-0.2, 0) is 14.3 Å². The Morgan fingerprint density at radius 3 is 2.83 bits per heavy atom. The minimum absolute atomic E-state index is 0.0111. The number of hydrogen-bond donors (Lipinski definition) is 0. The quantitative estimate of drug-likeness (QED) is 0.814. The summed E-state index contributed by atoms with van der Waals surface area (Å²) in [5.41, 5.74) is 0.263. The second kappa shape index (κ2) is 7.42. The monoisotopic (exact) mass is 340 g/mol. The fraction of sp³-hybridized carbons (Fsp3) is 0.625. The molecule has 1 aliphatic rings. The molecule has 1 saturated heterocycles. The summed E-state index contributed by atoms with van der Waals surface area (Å²) in [4.78, 5) is 27.4. The third-order valence-electron chi connectivity index (χ3n) is 3.56. The summed E-state index contributed by atoms with van der Waals surface area (Å²) < 4.78 is 11.4. The van der Waals surface area contributed by atoms with Crippen LogP contribution >= 0.6 is 11.3 Å². The SMILES string of the molecule is CN(C)C(=O)COCC1CN(C(=O)c2ccsc2)CC(C)(C)O1. The molecule has 128 valence electrons. The summed E-state index contributed by atoms with van der Waals surface area (Å²) in [6.07, 6.45) is -0.240. The number of carbonyl (C=O) groups is 2. The Balaban J connectivity index is 1.93. The van der Waals surface area contributed by atoms with Crippen LogP contribution in [0.5, 0.6) is 0 Å². The first kappa shape index (κ1) is 17.9. The van der Waals surface area contributed by atoms with E-state index in [2.05, 4.69) is 0 Å². The molecule has 1 aromatic heterocycles. The Bertz CT molecular complexity index is 542. The highest BCUT2D eigenvalue weighted by atomic mass is 32.1. The van der Waals surface area contributed by atoms with Crippen molar-refractivity contribution in [2.75, 3.05) is 40.4 Å². The standard InChI is InChI=1S/C16H24N2O4S/c1-16(2)11-18(15(20)12-5-6-23-10-12)7-13(22-16)8-21-9-14(19)17(3)4/h5-6,10,13H,7-9,11H2,1-4H3. The largest absolute Gasteiger partial charge is 0.369 e. The van der Waals surface area contributed by atoms with Crippen molar-refractivity contribution in [1.82, 2.24) is 9.80 Å². The van der Waals surface area contributed by atoms with Crippen LogP contribution < -0.4 is 0 Å². The molecule has 1 fully saturated rings. The van der Waals surface area contributed by atoms with Crippen LogP contribution in [-0.4, -0.2) is 73.7 Å². The second-order valence-electron chi connectivity index (χ2n) is 6.50. The Morgan fingerprint density at radius 2 is 2.22 bits per heavy atom. The van der Waals surface area contributed by atoms with Crippen molar-refractivity contribution >= 4 is 23.2 Å². The summed E-state index contributed by atoms with van der Waals surface area (Å²) in [6.45, 7) is 5.22. The molecule has 0 aliphatic carbocycles. The molecule has 23 heavy (non-hydrogen) atoms. The Morgan fingerprint density at radius 1 is 1.48 bits per heavy atom. The molecule has 2 heterocycles. The zero-order valence-corrected chi connectivity index (χ0v) is 14.9. The lowest BCUT2D eigenvalue weighted by atomic mass is 10.0. The van der Waals surface area contributed by atoms with E-state index >= 15 is 0 Å². The molecule has 7 heteroatoms. The van der Waals surface area contributed by atoms with Gasteiger partial charge in [-0.15, -0.1) is 0 Å². The van der Waals surface area contributed by atoms with E-state index in [0.29, 0.717) is 18.7 Å². The van der Waals surface area contributed by atoms with Gasteiger partial charge in [-0.25, -0.2) is 0 Å². The minimum Gasteiger partial charge on any atom is -0.369 e. The maximum absolute atomic E-state index is 12.5. The molecule has 2 amide bonds. The van der Waals surface area contributed by atoms with E-state index < -0.39 is 5.60 Å². The second-order valence-corrected chi connectivity index (χ2v) is 7.28. The highest BCUT2D eigenvalue weighted by Crippen LogP contribution is 2.23. The number of hydrogen-bond acceptors (Lipinski definition) is 5. The van der Waals surface area contributed by atoms with Gasteiger partial charge in [0, 0.05) is 32.6 Å². The van der Waals surface area contributed by atoms with Gasteiger partial charge in [0.2, 0.25) is 5.91 Å². The molecule has 6 nitrogen and oxygen atoms in total.